The summed E-state index contributed by atoms with van der Waals surface area (Å²) in [5, 5.41) is 0. The van der Waals surface area contributed by atoms with E-state index in [9.17, 15) is 0 Å². The quantitative estimate of drug-likeness (QED) is 0.182. The molecule has 0 N–H and O–H groups in total. The molecular weight excluding hydrogens is 619 g/mol. The molecule has 2 nitrogen and oxygen atoms in total. The zero-order chi connectivity index (χ0) is 33.7. The van der Waals surface area contributed by atoms with E-state index in [1.165, 1.54) is 72.5 Å². The summed E-state index contributed by atoms with van der Waals surface area (Å²) in [6.07, 6.45) is 2.05. The van der Waals surface area contributed by atoms with Crippen molar-refractivity contribution < 1.29 is 4.74 Å². The highest BCUT2D eigenvalue weighted by Gasteiger charge is 2.58. The average Bonchev–Trinajstić information content (AvgIpc) is 3.49. The van der Waals surface area contributed by atoms with Crippen molar-refractivity contribution in [3.05, 3.63) is 219 Å². The molecule has 242 valence electrons. The van der Waals surface area contributed by atoms with Crippen LogP contribution in [0.1, 0.15) is 81.3 Å². The summed E-state index contributed by atoms with van der Waals surface area (Å²) < 4.78 is 6.66. The zero-order valence-corrected chi connectivity index (χ0v) is 28.4. The molecule has 7 aromatic carbocycles. The molecule has 2 heterocycles. The van der Waals surface area contributed by atoms with Gasteiger partial charge in [0.25, 0.3) is 0 Å². The highest BCUT2D eigenvalue weighted by molar-refractivity contribution is 6.05. The predicted octanol–water partition coefficient (Wildman–Crippen LogP) is 11.9. The van der Waals surface area contributed by atoms with Crippen LogP contribution in [0.3, 0.4) is 0 Å². The van der Waals surface area contributed by atoms with Crippen molar-refractivity contribution >= 4 is 11.4 Å². The minimum atomic E-state index is -0.555. The minimum absolute atomic E-state index is 0.471. The van der Waals surface area contributed by atoms with Crippen molar-refractivity contribution in [3.63, 3.8) is 0 Å². The fourth-order valence-corrected chi connectivity index (χ4v) is 10.2. The van der Waals surface area contributed by atoms with E-state index >= 15 is 0 Å². The summed E-state index contributed by atoms with van der Waals surface area (Å²) in [4.78, 5) is 5.28. The van der Waals surface area contributed by atoms with E-state index in [0.717, 1.165) is 30.0 Å². The maximum absolute atomic E-state index is 6.66. The Bertz CT molecular complexity index is 2510. The third kappa shape index (κ3) is 3.59. The molecular formula is C49H35NO. The van der Waals surface area contributed by atoms with Gasteiger partial charge in [-0.15, -0.1) is 0 Å². The molecule has 0 fully saturated rings. The van der Waals surface area contributed by atoms with E-state index in [4.69, 9.17) is 9.73 Å². The van der Waals surface area contributed by atoms with Gasteiger partial charge >= 0.3 is 0 Å². The second-order valence-electron chi connectivity index (χ2n) is 14.4. The number of benzene rings is 7. The van der Waals surface area contributed by atoms with Crippen molar-refractivity contribution in [1.29, 1.82) is 0 Å². The Morgan fingerprint density at radius 2 is 1.00 bits per heavy atom. The molecule has 0 saturated heterocycles. The number of aliphatic imine (C=N–C) groups is 1. The topological polar surface area (TPSA) is 21.6 Å². The number of para-hydroxylation sites is 3. The number of hydrogen-bond acceptors (Lipinski definition) is 2. The Hall–Kier alpha value is -5.99. The first-order valence-electron chi connectivity index (χ1n) is 18.2. The van der Waals surface area contributed by atoms with E-state index in [1.807, 2.05) is 0 Å². The number of hydrogen-bond donors (Lipinski definition) is 0. The lowest BCUT2D eigenvalue weighted by Crippen LogP contribution is -2.45. The van der Waals surface area contributed by atoms with Crippen LogP contribution >= 0.6 is 0 Å². The third-order valence-corrected chi connectivity index (χ3v) is 12.2. The first kappa shape index (κ1) is 28.8. The fraction of sp³-hybridized carbons (Fsp3) is 0.122. The first-order chi connectivity index (χ1) is 25.2. The molecule has 1 atom stereocenters. The number of nitrogens with zero attached hydrogens (tertiary/aromatic N) is 1. The summed E-state index contributed by atoms with van der Waals surface area (Å²) in [6.45, 7) is 2.30. The Balaban J connectivity index is 1.22. The lowest BCUT2D eigenvalue weighted by molar-refractivity contribution is 0.429. The highest BCUT2D eigenvalue weighted by Crippen LogP contribution is 2.67. The van der Waals surface area contributed by atoms with Gasteiger partial charge in [0.1, 0.15) is 11.5 Å². The van der Waals surface area contributed by atoms with Crippen molar-refractivity contribution in [2.45, 2.75) is 36.5 Å². The van der Waals surface area contributed by atoms with Gasteiger partial charge in [0, 0.05) is 16.8 Å². The Morgan fingerprint density at radius 3 is 1.63 bits per heavy atom. The van der Waals surface area contributed by atoms with Gasteiger partial charge in [0.2, 0.25) is 0 Å². The normalized spacial score (nSPS) is 17.5. The van der Waals surface area contributed by atoms with Gasteiger partial charge in [-0.3, -0.25) is 4.99 Å². The van der Waals surface area contributed by atoms with E-state index < -0.39 is 10.8 Å². The van der Waals surface area contributed by atoms with Crippen molar-refractivity contribution in [2.24, 2.45) is 4.99 Å². The van der Waals surface area contributed by atoms with Gasteiger partial charge < -0.3 is 4.74 Å². The molecule has 2 heteroatoms. The van der Waals surface area contributed by atoms with Gasteiger partial charge in [-0.25, -0.2) is 0 Å². The van der Waals surface area contributed by atoms with Crippen LogP contribution in [0.25, 0.3) is 11.1 Å². The van der Waals surface area contributed by atoms with Gasteiger partial charge in [-0.1, -0.05) is 146 Å². The smallest absolute Gasteiger partial charge is 0.132 e. The summed E-state index contributed by atoms with van der Waals surface area (Å²) >= 11 is 0. The minimum Gasteiger partial charge on any atom is -0.457 e. The molecule has 7 aromatic rings. The summed E-state index contributed by atoms with van der Waals surface area (Å²) in [5.74, 6) is 2.29. The van der Waals surface area contributed by atoms with E-state index in [1.54, 1.807) is 0 Å². The maximum Gasteiger partial charge on any atom is 0.132 e. The van der Waals surface area contributed by atoms with Crippen LogP contribution in [-0.2, 0) is 10.8 Å². The lowest BCUT2D eigenvalue weighted by atomic mass is 9.51. The van der Waals surface area contributed by atoms with Crippen LogP contribution in [0, 0.1) is 0 Å². The molecule has 2 aliphatic heterocycles. The molecule has 4 aliphatic rings. The van der Waals surface area contributed by atoms with Gasteiger partial charge in [0.15, 0.2) is 0 Å². The second kappa shape index (κ2) is 10.5. The SMILES string of the molecule is CCC1CC(c2ccc3c(c2)-c2ccccc2C32c3ccccc3C3(c4ccccc4Oc4ccccc43)c3ccccc32)=Nc2ccccc21. The third-order valence-electron chi connectivity index (χ3n) is 12.2. The summed E-state index contributed by atoms with van der Waals surface area (Å²) in [7, 11) is 0. The molecule has 51 heavy (non-hydrogen) atoms. The molecule has 2 aliphatic carbocycles. The molecule has 11 rings (SSSR count). The Morgan fingerprint density at radius 1 is 0.510 bits per heavy atom. The first-order valence-corrected chi connectivity index (χ1v) is 18.2. The molecule has 0 amide bonds. The highest BCUT2D eigenvalue weighted by atomic mass is 16.5. The molecule has 1 unspecified atom stereocenters. The van der Waals surface area contributed by atoms with E-state index in [2.05, 4.69) is 171 Å². The van der Waals surface area contributed by atoms with E-state index in [0.29, 0.717) is 5.92 Å². The molecule has 0 radical (unpaired) electrons. The summed E-state index contributed by atoms with van der Waals surface area (Å²) in [5.41, 5.74) is 16.7. The Labute approximate surface area is 298 Å². The van der Waals surface area contributed by atoms with Crippen LogP contribution in [-0.4, -0.2) is 5.71 Å². The zero-order valence-electron chi connectivity index (χ0n) is 28.4. The van der Waals surface area contributed by atoms with Crippen LogP contribution in [0.2, 0.25) is 0 Å². The second-order valence-corrected chi connectivity index (χ2v) is 14.4. The van der Waals surface area contributed by atoms with E-state index in [-0.39, 0.29) is 0 Å². The molecule has 0 bridgehead atoms. The van der Waals surface area contributed by atoms with Crippen molar-refractivity contribution in [3.8, 4) is 22.6 Å². The molecule has 0 saturated carbocycles. The Kier molecular flexibility index (Phi) is 5.94. The van der Waals surface area contributed by atoms with Gasteiger partial charge in [-0.2, -0.15) is 0 Å². The standard InChI is InChI=1S/C49H35NO/c1-2-31-30-45(50-44-24-12-4-15-33(31)44)32-27-28-37-35(29-32)34-16-3-5-17-36(34)48(37)38-18-6-8-20-40(38)49(41-21-9-7-19-39(41)48)42-22-10-13-25-46(42)51-47-26-14-11-23-43(47)49/h3-29,31H,2,30H2,1H3. The van der Waals surface area contributed by atoms with Crippen LogP contribution in [0.15, 0.2) is 169 Å². The van der Waals surface area contributed by atoms with Crippen LogP contribution in [0.5, 0.6) is 11.5 Å². The number of ether oxygens (including phenoxy) is 1. The maximum atomic E-state index is 6.66. The summed E-state index contributed by atoms with van der Waals surface area (Å²) in [6, 6.07) is 60.7. The average molecular weight is 654 g/mol. The van der Waals surface area contributed by atoms with Crippen molar-refractivity contribution in [2.75, 3.05) is 0 Å². The molecule has 0 aromatic heterocycles. The lowest BCUT2D eigenvalue weighted by Gasteiger charge is -2.51. The van der Waals surface area contributed by atoms with Crippen LogP contribution < -0.4 is 4.74 Å². The fourth-order valence-electron chi connectivity index (χ4n) is 10.2. The van der Waals surface area contributed by atoms with Gasteiger partial charge in [0.05, 0.1) is 16.5 Å². The largest absolute Gasteiger partial charge is 0.457 e. The monoisotopic (exact) mass is 653 g/mol. The van der Waals surface area contributed by atoms with Crippen molar-refractivity contribution in [1.82, 2.24) is 0 Å². The molecule has 2 spiro atoms. The van der Waals surface area contributed by atoms with Gasteiger partial charge in [-0.05, 0) is 98.7 Å². The van der Waals surface area contributed by atoms with Crippen LogP contribution in [0.4, 0.5) is 5.69 Å². The predicted molar refractivity (Wildman–Crippen MR) is 206 cm³/mol. The number of fused-ring (bicyclic) bond motifs is 16. The number of rotatable bonds is 2.